The highest BCUT2D eigenvalue weighted by Crippen LogP contribution is 2.26. The zero-order valence-electron chi connectivity index (χ0n) is 11.0. The molecule has 1 heterocycles. The third-order valence-electron chi connectivity index (χ3n) is 3.55. The molecule has 0 aromatic heterocycles. The van der Waals surface area contributed by atoms with E-state index in [0.717, 1.165) is 12.8 Å². The summed E-state index contributed by atoms with van der Waals surface area (Å²) in [6.07, 6.45) is 2.03. The zero-order valence-corrected chi connectivity index (χ0v) is 11.0. The second kappa shape index (κ2) is 5.56. The minimum atomic E-state index is -1.01. The van der Waals surface area contributed by atoms with Crippen molar-refractivity contribution in [3.8, 4) is 0 Å². The van der Waals surface area contributed by atoms with Gasteiger partial charge in [-0.2, -0.15) is 0 Å². The van der Waals surface area contributed by atoms with E-state index in [9.17, 15) is 14.4 Å². The van der Waals surface area contributed by atoms with Crippen molar-refractivity contribution < 1.29 is 19.5 Å². The minimum absolute atomic E-state index is 0.00523. The van der Waals surface area contributed by atoms with E-state index in [-0.39, 0.29) is 31.4 Å². The molecule has 0 aromatic rings. The van der Waals surface area contributed by atoms with Crippen molar-refractivity contribution in [3.63, 3.8) is 0 Å². The monoisotopic (exact) mass is 269 g/mol. The van der Waals surface area contributed by atoms with Gasteiger partial charge in [0.05, 0.1) is 13.1 Å². The van der Waals surface area contributed by atoms with Gasteiger partial charge in [-0.25, -0.2) is 0 Å². The highest BCUT2D eigenvalue weighted by Gasteiger charge is 2.36. The van der Waals surface area contributed by atoms with Gasteiger partial charge in [-0.1, -0.05) is 0 Å². The Kier molecular flexibility index (Phi) is 4.04. The average Bonchev–Trinajstić information content (AvgIpc) is 3.14. The summed E-state index contributed by atoms with van der Waals surface area (Å²) in [6.45, 7) is 2.55. The fourth-order valence-electron chi connectivity index (χ4n) is 2.39. The Hall–Kier alpha value is -1.63. The van der Waals surface area contributed by atoms with Gasteiger partial charge < -0.3 is 15.3 Å². The Morgan fingerprint density at radius 3 is 2.68 bits per heavy atom. The molecule has 1 saturated carbocycles. The molecule has 0 aromatic carbocycles. The number of aliphatic carboxylic acids is 1. The van der Waals surface area contributed by atoms with Crippen LogP contribution in [-0.2, 0) is 14.4 Å². The Morgan fingerprint density at radius 2 is 2.16 bits per heavy atom. The fourth-order valence-corrected chi connectivity index (χ4v) is 2.39. The lowest BCUT2D eigenvalue weighted by molar-refractivity contribution is -0.147. The smallest absolute Gasteiger partial charge is 0.322 e. The van der Waals surface area contributed by atoms with Crippen LogP contribution in [0.4, 0.5) is 0 Å². The predicted molar refractivity (Wildman–Crippen MR) is 66.4 cm³/mol. The molecule has 2 amide bonds. The molecular formula is C12H19N3O4. The number of hydrogen-bond acceptors (Lipinski definition) is 4. The summed E-state index contributed by atoms with van der Waals surface area (Å²) in [6, 6.07) is -0.515. The summed E-state index contributed by atoms with van der Waals surface area (Å²) in [4.78, 5) is 37.8. The zero-order chi connectivity index (χ0) is 14.0. The van der Waals surface area contributed by atoms with E-state index >= 15 is 0 Å². The summed E-state index contributed by atoms with van der Waals surface area (Å²) < 4.78 is 0. The second-order valence-corrected chi connectivity index (χ2v) is 4.97. The van der Waals surface area contributed by atoms with Gasteiger partial charge in [0.15, 0.2) is 0 Å². The molecular weight excluding hydrogens is 250 g/mol. The maximum Gasteiger partial charge on any atom is 0.322 e. The average molecular weight is 269 g/mol. The van der Waals surface area contributed by atoms with E-state index in [0.29, 0.717) is 12.6 Å². The first-order valence-corrected chi connectivity index (χ1v) is 6.56. The van der Waals surface area contributed by atoms with Crippen LogP contribution >= 0.6 is 0 Å². The molecule has 2 aliphatic rings. The fraction of sp³-hybridized carbons (Fsp3) is 0.750. The molecule has 1 aliphatic heterocycles. The van der Waals surface area contributed by atoms with Crippen molar-refractivity contribution in [1.82, 2.24) is 15.1 Å². The van der Waals surface area contributed by atoms with Crippen LogP contribution in [0.25, 0.3) is 0 Å². The van der Waals surface area contributed by atoms with Gasteiger partial charge in [0, 0.05) is 19.1 Å². The Bertz CT molecular complexity index is 394. The van der Waals surface area contributed by atoms with E-state index in [1.54, 1.807) is 4.90 Å². The number of nitrogens with zero attached hydrogens (tertiary/aromatic N) is 2. The number of piperazine rings is 1. The van der Waals surface area contributed by atoms with Crippen LogP contribution in [0.15, 0.2) is 0 Å². The number of carbonyl (C=O) groups is 3. The molecule has 1 saturated heterocycles. The molecule has 19 heavy (non-hydrogen) atoms. The first-order chi connectivity index (χ1) is 9.02. The summed E-state index contributed by atoms with van der Waals surface area (Å²) in [5.41, 5.74) is 0. The van der Waals surface area contributed by atoms with Crippen molar-refractivity contribution in [3.05, 3.63) is 0 Å². The molecule has 7 heteroatoms. The van der Waals surface area contributed by atoms with E-state index in [1.807, 2.05) is 6.92 Å². The quantitative estimate of drug-likeness (QED) is 0.660. The maximum absolute atomic E-state index is 12.2. The third-order valence-corrected chi connectivity index (χ3v) is 3.55. The van der Waals surface area contributed by atoms with E-state index < -0.39 is 12.0 Å². The Balaban J connectivity index is 1.99. The van der Waals surface area contributed by atoms with Crippen molar-refractivity contribution in [2.24, 2.45) is 0 Å². The van der Waals surface area contributed by atoms with Crippen LogP contribution < -0.4 is 5.32 Å². The summed E-state index contributed by atoms with van der Waals surface area (Å²) in [5.74, 6) is -1.34. The number of hydrogen-bond donors (Lipinski definition) is 2. The van der Waals surface area contributed by atoms with E-state index in [4.69, 9.17) is 5.11 Å². The highest BCUT2D eigenvalue weighted by atomic mass is 16.4. The normalized spacial score (nSPS) is 23.8. The van der Waals surface area contributed by atoms with Gasteiger partial charge in [0.1, 0.15) is 6.04 Å². The number of amides is 2. The van der Waals surface area contributed by atoms with Gasteiger partial charge in [-0.05, 0) is 19.8 Å². The number of carboxylic acids is 1. The largest absolute Gasteiger partial charge is 0.480 e. The molecule has 2 N–H and O–H groups in total. The molecule has 0 spiro atoms. The van der Waals surface area contributed by atoms with Crippen LogP contribution in [0.1, 0.15) is 19.8 Å². The van der Waals surface area contributed by atoms with Crippen molar-refractivity contribution in [1.29, 1.82) is 0 Å². The topological polar surface area (TPSA) is 90.0 Å². The number of carbonyl (C=O) groups excluding carboxylic acids is 2. The molecule has 2 fully saturated rings. The maximum atomic E-state index is 12.2. The molecule has 0 bridgehead atoms. The van der Waals surface area contributed by atoms with Crippen LogP contribution in [0.2, 0.25) is 0 Å². The molecule has 7 nitrogen and oxygen atoms in total. The first-order valence-electron chi connectivity index (χ1n) is 6.56. The van der Waals surface area contributed by atoms with Gasteiger partial charge >= 0.3 is 5.97 Å². The van der Waals surface area contributed by atoms with Gasteiger partial charge in [-0.15, -0.1) is 0 Å². The summed E-state index contributed by atoms with van der Waals surface area (Å²) in [5, 5.41) is 11.6. The molecule has 0 radical (unpaired) electrons. The van der Waals surface area contributed by atoms with Crippen molar-refractivity contribution in [2.75, 3.05) is 26.2 Å². The number of likely N-dealkylation sites (N-methyl/N-ethyl adjacent to an activating group) is 1. The molecule has 106 valence electrons. The third kappa shape index (κ3) is 3.23. The first kappa shape index (κ1) is 13.8. The van der Waals surface area contributed by atoms with Crippen LogP contribution in [0, 0.1) is 0 Å². The SMILES string of the molecule is CCN(C(=O)CN1CC(=O)NCC1C(=O)O)C1CC1. The highest BCUT2D eigenvalue weighted by molar-refractivity contribution is 5.85. The van der Waals surface area contributed by atoms with Crippen LogP contribution in [0.5, 0.6) is 0 Å². The van der Waals surface area contributed by atoms with Crippen LogP contribution in [-0.4, -0.2) is 71.0 Å². The predicted octanol–water partition coefficient (Wildman–Crippen LogP) is -1.12. The Labute approximate surface area is 111 Å². The lowest BCUT2D eigenvalue weighted by Crippen LogP contribution is -2.59. The van der Waals surface area contributed by atoms with Crippen LogP contribution in [0.3, 0.4) is 0 Å². The molecule has 1 unspecified atom stereocenters. The number of carboxylic acid groups (broad SMARTS) is 1. The lowest BCUT2D eigenvalue weighted by atomic mass is 10.2. The summed E-state index contributed by atoms with van der Waals surface area (Å²) >= 11 is 0. The molecule has 2 rings (SSSR count). The van der Waals surface area contributed by atoms with Gasteiger partial charge in [0.2, 0.25) is 11.8 Å². The van der Waals surface area contributed by atoms with Crippen molar-refractivity contribution in [2.45, 2.75) is 31.8 Å². The molecule has 1 aliphatic carbocycles. The standard InChI is InChI=1S/C12H19N3O4/c1-2-15(8-3-4-8)11(17)7-14-6-10(16)13-5-9(14)12(18)19/h8-9H,2-7H2,1H3,(H,13,16)(H,18,19). The van der Waals surface area contributed by atoms with E-state index in [2.05, 4.69) is 5.32 Å². The summed E-state index contributed by atoms with van der Waals surface area (Å²) in [7, 11) is 0. The van der Waals surface area contributed by atoms with Crippen molar-refractivity contribution >= 4 is 17.8 Å². The van der Waals surface area contributed by atoms with Gasteiger partial charge in [-0.3, -0.25) is 19.3 Å². The Morgan fingerprint density at radius 1 is 1.47 bits per heavy atom. The minimum Gasteiger partial charge on any atom is -0.480 e. The molecule has 1 atom stereocenters. The second-order valence-electron chi connectivity index (χ2n) is 4.97. The number of nitrogens with one attached hydrogen (secondary N) is 1. The number of rotatable bonds is 5. The lowest BCUT2D eigenvalue weighted by Gasteiger charge is -2.33. The van der Waals surface area contributed by atoms with Gasteiger partial charge in [0.25, 0.3) is 0 Å². The van der Waals surface area contributed by atoms with E-state index in [1.165, 1.54) is 4.90 Å².